The Hall–Kier alpha value is -3.16. The van der Waals surface area contributed by atoms with Crippen molar-refractivity contribution in [3.8, 4) is 11.5 Å². The van der Waals surface area contributed by atoms with Crippen LogP contribution in [0.3, 0.4) is 0 Å². The number of ether oxygens (including phenoxy) is 2. The van der Waals surface area contributed by atoms with Crippen LogP contribution in [-0.4, -0.2) is 52.5 Å². The maximum absolute atomic E-state index is 13.5. The van der Waals surface area contributed by atoms with E-state index in [4.69, 9.17) is 9.47 Å². The number of fused-ring (bicyclic) bond motifs is 1. The summed E-state index contributed by atoms with van der Waals surface area (Å²) in [6.07, 6.45) is 6.26. The number of hydrogen-bond acceptors (Lipinski definition) is 6. The highest BCUT2D eigenvalue weighted by Gasteiger charge is 2.34. The van der Waals surface area contributed by atoms with Gasteiger partial charge in [-0.15, -0.1) is 0 Å². The van der Waals surface area contributed by atoms with Gasteiger partial charge in [-0.3, -0.25) is 9.59 Å². The second-order valence-corrected chi connectivity index (χ2v) is 8.33. The molecule has 3 heterocycles. The van der Waals surface area contributed by atoms with E-state index in [1.807, 2.05) is 11.8 Å². The zero-order valence-electron chi connectivity index (χ0n) is 17.6. The maximum Gasteiger partial charge on any atom is 0.255 e. The van der Waals surface area contributed by atoms with Gasteiger partial charge in [-0.2, -0.15) is 0 Å². The molecule has 3 aliphatic rings. The Bertz CT molecular complexity index is 1020. The number of amides is 2. The average Bonchev–Trinajstić information content (AvgIpc) is 3.62. The highest BCUT2D eigenvalue weighted by Crippen LogP contribution is 2.35. The number of likely N-dealkylation sites (tertiary alicyclic amines) is 1. The molecule has 2 fully saturated rings. The third-order valence-electron chi connectivity index (χ3n) is 5.96. The fourth-order valence-electron chi connectivity index (χ4n) is 4.21. The number of carbonyl (C=O) groups excluding carboxylic acids is 2. The molecule has 0 bridgehead atoms. The molecule has 2 amide bonds. The molecule has 1 aliphatic carbocycles. The van der Waals surface area contributed by atoms with E-state index in [0.29, 0.717) is 53.9 Å². The summed E-state index contributed by atoms with van der Waals surface area (Å²) >= 11 is 0. The van der Waals surface area contributed by atoms with Gasteiger partial charge in [0.1, 0.15) is 19.0 Å². The predicted octanol–water partition coefficient (Wildman–Crippen LogP) is 2.82. The lowest BCUT2D eigenvalue weighted by atomic mass is 9.95. The maximum atomic E-state index is 13.5. The molecule has 1 unspecified atom stereocenters. The highest BCUT2D eigenvalue weighted by atomic mass is 16.6. The molecule has 1 aromatic heterocycles. The van der Waals surface area contributed by atoms with Gasteiger partial charge in [0.2, 0.25) is 0 Å². The zero-order valence-corrected chi connectivity index (χ0v) is 17.6. The molecule has 1 aromatic carbocycles. The molecule has 1 atom stereocenters. The molecule has 1 saturated carbocycles. The fraction of sp³-hybridized carbons (Fsp3) is 0.478. The number of aromatic nitrogens is 2. The van der Waals surface area contributed by atoms with E-state index in [0.717, 1.165) is 32.1 Å². The molecule has 8 heteroatoms. The molecule has 162 valence electrons. The monoisotopic (exact) mass is 422 g/mol. The van der Waals surface area contributed by atoms with Gasteiger partial charge in [0.15, 0.2) is 11.5 Å². The van der Waals surface area contributed by atoms with Crippen molar-refractivity contribution in [1.29, 1.82) is 0 Å². The van der Waals surface area contributed by atoms with Crippen LogP contribution in [0.25, 0.3) is 0 Å². The summed E-state index contributed by atoms with van der Waals surface area (Å²) < 4.78 is 11.2. The third-order valence-corrected chi connectivity index (χ3v) is 5.96. The Balaban J connectivity index is 1.46. The van der Waals surface area contributed by atoms with E-state index in [9.17, 15) is 9.59 Å². The fourth-order valence-corrected chi connectivity index (χ4v) is 4.21. The topological polar surface area (TPSA) is 93.7 Å². The molecule has 5 rings (SSSR count). The molecule has 0 spiro atoms. The minimum absolute atomic E-state index is 0.0912. The summed E-state index contributed by atoms with van der Waals surface area (Å²) in [6.45, 7) is 3.40. The lowest BCUT2D eigenvalue weighted by molar-refractivity contribution is 0.0600. The van der Waals surface area contributed by atoms with E-state index in [1.54, 1.807) is 24.4 Å². The van der Waals surface area contributed by atoms with Gasteiger partial charge < -0.3 is 19.7 Å². The van der Waals surface area contributed by atoms with Crippen molar-refractivity contribution < 1.29 is 19.1 Å². The number of piperidine rings is 1. The van der Waals surface area contributed by atoms with Crippen LogP contribution in [0.1, 0.15) is 70.4 Å². The van der Waals surface area contributed by atoms with Gasteiger partial charge in [0, 0.05) is 24.3 Å². The van der Waals surface area contributed by atoms with Gasteiger partial charge in [-0.25, -0.2) is 9.97 Å². The van der Waals surface area contributed by atoms with Gasteiger partial charge in [-0.05, 0) is 57.2 Å². The first-order valence-corrected chi connectivity index (χ1v) is 10.9. The summed E-state index contributed by atoms with van der Waals surface area (Å²) in [5.74, 6) is 1.59. The van der Waals surface area contributed by atoms with Crippen LogP contribution in [0.4, 0.5) is 0 Å². The molecular weight excluding hydrogens is 396 g/mol. The largest absolute Gasteiger partial charge is 0.486 e. The lowest BCUT2D eigenvalue weighted by Crippen LogP contribution is -2.40. The molecule has 2 aliphatic heterocycles. The van der Waals surface area contributed by atoms with Crippen LogP contribution in [0, 0.1) is 6.92 Å². The SMILES string of the molecule is Cc1ncc(C(=O)NC2CC2)c(C2CCCCN2C(=O)c2ccc3c(c2)OCCO3)n1. The summed E-state index contributed by atoms with van der Waals surface area (Å²) in [7, 11) is 0. The van der Waals surface area contributed by atoms with Crippen molar-refractivity contribution >= 4 is 11.8 Å². The Morgan fingerprint density at radius 3 is 2.71 bits per heavy atom. The molecule has 0 radical (unpaired) electrons. The van der Waals surface area contributed by atoms with Crippen molar-refractivity contribution in [3.05, 3.63) is 47.0 Å². The van der Waals surface area contributed by atoms with Crippen LogP contribution < -0.4 is 14.8 Å². The lowest BCUT2D eigenvalue weighted by Gasteiger charge is -2.36. The second-order valence-electron chi connectivity index (χ2n) is 8.33. The quantitative estimate of drug-likeness (QED) is 0.814. The average molecular weight is 422 g/mol. The number of carbonyl (C=O) groups is 2. The van der Waals surface area contributed by atoms with Gasteiger partial charge >= 0.3 is 0 Å². The number of nitrogens with zero attached hydrogens (tertiary/aromatic N) is 3. The molecular formula is C23H26N4O4. The van der Waals surface area contributed by atoms with Crippen LogP contribution >= 0.6 is 0 Å². The minimum Gasteiger partial charge on any atom is -0.486 e. The first-order valence-electron chi connectivity index (χ1n) is 10.9. The minimum atomic E-state index is -0.267. The summed E-state index contributed by atoms with van der Waals surface area (Å²) in [4.78, 5) is 37.1. The molecule has 1 N–H and O–H groups in total. The van der Waals surface area contributed by atoms with Crippen molar-refractivity contribution in [2.24, 2.45) is 0 Å². The Morgan fingerprint density at radius 2 is 1.90 bits per heavy atom. The summed E-state index contributed by atoms with van der Waals surface area (Å²) in [5.41, 5.74) is 1.64. The molecule has 8 nitrogen and oxygen atoms in total. The molecule has 1 saturated heterocycles. The van der Waals surface area contributed by atoms with Crippen molar-refractivity contribution in [2.75, 3.05) is 19.8 Å². The summed E-state index contributed by atoms with van der Waals surface area (Å²) in [5, 5.41) is 3.03. The van der Waals surface area contributed by atoms with Crippen LogP contribution in [0.15, 0.2) is 24.4 Å². The van der Waals surface area contributed by atoms with E-state index < -0.39 is 0 Å². The normalized spacial score (nSPS) is 20.3. The van der Waals surface area contributed by atoms with Gasteiger partial charge in [0.25, 0.3) is 11.8 Å². The van der Waals surface area contributed by atoms with Crippen LogP contribution in [0.5, 0.6) is 11.5 Å². The zero-order chi connectivity index (χ0) is 21.4. The highest BCUT2D eigenvalue weighted by molar-refractivity contribution is 5.97. The number of aryl methyl sites for hydroxylation is 1. The van der Waals surface area contributed by atoms with E-state index in [2.05, 4.69) is 15.3 Å². The first kappa shape index (κ1) is 19.8. The van der Waals surface area contributed by atoms with Gasteiger partial charge in [-0.1, -0.05) is 0 Å². The van der Waals surface area contributed by atoms with E-state index >= 15 is 0 Å². The second kappa shape index (κ2) is 8.17. The smallest absolute Gasteiger partial charge is 0.255 e. The first-order chi connectivity index (χ1) is 15.1. The number of rotatable bonds is 4. The number of benzene rings is 1. The predicted molar refractivity (Wildman–Crippen MR) is 112 cm³/mol. The summed E-state index contributed by atoms with van der Waals surface area (Å²) in [6, 6.07) is 5.27. The Kier molecular flexibility index (Phi) is 5.21. The standard InChI is InChI=1S/C23H26N4O4/c1-14-24-13-17(22(28)26-16-6-7-16)21(25-14)18-4-2-3-9-27(18)23(29)15-5-8-19-20(12-15)31-11-10-30-19/h5,8,12-13,16,18H,2-4,6-7,9-11H2,1H3,(H,26,28). The van der Waals surface area contributed by atoms with Crippen LogP contribution in [-0.2, 0) is 0 Å². The van der Waals surface area contributed by atoms with Crippen molar-refractivity contribution in [3.63, 3.8) is 0 Å². The Labute approximate surface area is 181 Å². The van der Waals surface area contributed by atoms with E-state index in [1.165, 1.54) is 0 Å². The van der Waals surface area contributed by atoms with Crippen molar-refractivity contribution in [2.45, 2.75) is 51.1 Å². The molecule has 2 aromatic rings. The third kappa shape index (κ3) is 4.06. The van der Waals surface area contributed by atoms with Crippen LogP contribution in [0.2, 0.25) is 0 Å². The molecule has 31 heavy (non-hydrogen) atoms. The number of nitrogens with one attached hydrogen (secondary N) is 1. The Morgan fingerprint density at radius 1 is 1.10 bits per heavy atom. The number of hydrogen-bond donors (Lipinski definition) is 1. The van der Waals surface area contributed by atoms with Crippen molar-refractivity contribution in [1.82, 2.24) is 20.2 Å². The van der Waals surface area contributed by atoms with E-state index in [-0.39, 0.29) is 23.9 Å². The van der Waals surface area contributed by atoms with Gasteiger partial charge in [0.05, 0.1) is 17.3 Å².